The maximum atomic E-state index is 12.8. The van der Waals surface area contributed by atoms with Crippen molar-refractivity contribution in [2.75, 3.05) is 12.4 Å². The number of carbonyl (C=O) groups excluding carboxylic acids is 2. The quantitative estimate of drug-likeness (QED) is 0.770. The SMILES string of the molecule is CNC(=O)c1cccc(NC(=O)c2ccccc2-n2cccn2)c1C. The number of hydrogen-bond donors (Lipinski definition) is 2. The number of benzene rings is 2. The standard InChI is InChI=1S/C19H18N4O2/c1-13-14(18(24)20-2)8-5-9-16(13)22-19(25)15-7-3-4-10-17(15)23-12-6-11-21-23/h3-12H,1-2H3,(H,20,24)(H,22,25). The lowest BCUT2D eigenvalue weighted by molar-refractivity contribution is 0.0960. The van der Waals surface area contributed by atoms with Crippen molar-refractivity contribution in [3.8, 4) is 5.69 Å². The maximum Gasteiger partial charge on any atom is 0.257 e. The van der Waals surface area contributed by atoms with Crippen molar-refractivity contribution >= 4 is 17.5 Å². The molecule has 2 aromatic carbocycles. The summed E-state index contributed by atoms with van der Waals surface area (Å²) in [6.45, 7) is 1.81. The predicted octanol–water partition coefficient (Wildman–Crippen LogP) is 2.79. The van der Waals surface area contributed by atoms with Crippen molar-refractivity contribution in [2.45, 2.75) is 6.92 Å². The van der Waals surface area contributed by atoms with Gasteiger partial charge in [-0.05, 0) is 42.8 Å². The minimum Gasteiger partial charge on any atom is -0.355 e. The molecule has 6 heteroatoms. The van der Waals surface area contributed by atoms with Gasteiger partial charge in [0.25, 0.3) is 11.8 Å². The van der Waals surface area contributed by atoms with Crippen molar-refractivity contribution in [3.05, 3.63) is 77.6 Å². The summed E-state index contributed by atoms with van der Waals surface area (Å²) in [4.78, 5) is 24.7. The summed E-state index contributed by atoms with van der Waals surface area (Å²) in [6.07, 6.45) is 3.44. The summed E-state index contributed by atoms with van der Waals surface area (Å²) in [7, 11) is 1.58. The van der Waals surface area contributed by atoms with Crippen LogP contribution in [0.5, 0.6) is 0 Å². The Kier molecular flexibility index (Phi) is 4.61. The van der Waals surface area contributed by atoms with Crippen LogP contribution in [0.25, 0.3) is 5.69 Å². The third-order valence-corrected chi connectivity index (χ3v) is 3.95. The van der Waals surface area contributed by atoms with Crippen LogP contribution in [0.1, 0.15) is 26.3 Å². The Morgan fingerprint density at radius 3 is 2.44 bits per heavy atom. The van der Waals surface area contributed by atoms with E-state index >= 15 is 0 Å². The molecule has 2 N–H and O–H groups in total. The van der Waals surface area contributed by atoms with Crippen LogP contribution >= 0.6 is 0 Å². The average Bonchev–Trinajstić information content (AvgIpc) is 3.17. The van der Waals surface area contributed by atoms with Crippen LogP contribution in [0.2, 0.25) is 0 Å². The molecular formula is C19H18N4O2. The van der Waals surface area contributed by atoms with Gasteiger partial charge in [-0.3, -0.25) is 9.59 Å². The first-order chi connectivity index (χ1) is 12.1. The Hall–Kier alpha value is -3.41. The normalized spacial score (nSPS) is 10.3. The highest BCUT2D eigenvalue weighted by molar-refractivity contribution is 6.08. The van der Waals surface area contributed by atoms with E-state index < -0.39 is 0 Å². The van der Waals surface area contributed by atoms with Gasteiger partial charge in [0.2, 0.25) is 0 Å². The second kappa shape index (κ2) is 7.00. The molecule has 126 valence electrons. The van der Waals surface area contributed by atoms with Gasteiger partial charge >= 0.3 is 0 Å². The van der Waals surface area contributed by atoms with Crippen LogP contribution in [0.4, 0.5) is 5.69 Å². The van der Waals surface area contributed by atoms with E-state index in [9.17, 15) is 9.59 Å². The molecule has 0 unspecified atom stereocenters. The minimum atomic E-state index is -0.261. The first-order valence-electron chi connectivity index (χ1n) is 7.84. The van der Waals surface area contributed by atoms with Gasteiger partial charge in [-0.1, -0.05) is 18.2 Å². The average molecular weight is 334 g/mol. The van der Waals surface area contributed by atoms with Crippen LogP contribution in [-0.2, 0) is 0 Å². The molecular weight excluding hydrogens is 316 g/mol. The molecule has 0 aliphatic carbocycles. The second-order valence-electron chi connectivity index (χ2n) is 5.48. The topological polar surface area (TPSA) is 76.0 Å². The largest absolute Gasteiger partial charge is 0.355 e. The number of anilines is 1. The molecule has 0 aliphatic heterocycles. The van der Waals surface area contributed by atoms with Crippen molar-refractivity contribution in [1.29, 1.82) is 0 Å². The fourth-order valence-corrected chi connectivity index (χ4v) is 2.62. The summed E-state index contributed by atoms with van der Waals surface area (Å²) in [5.41, 5.74) is 3.02. The molecule has 0 spiro atoms. The third-order valence-electron chi connectivity index (χ3n) is 3.95. The number of nitrogens with one attached hydrogen (secondary N) is 2. The molecule has 3 rings (SSSR count). The van der Waals surface area contributed by atoms with E-state index in [0.29, 0.717) is 28.1 Å². The molecule has 3 aromatic rings. The van der Waals surface area contributed by atoms with E-state index in [-0.39, 0.29) is 11.8 Å². The zero-order chi connectivity index (χ0) is 17.8. The van der Waals surface area contributed by atoms with E-state index in [1.54, 1.807) is 67.4 Å². The van der Waals surface area contributed by atoms with Gasteiger partial charge in [0.05, 0.1) is 11.3 Å². The zero-order valence-electron chi connectivity index (χ0n) is 14.0. The van der Waals surface area contributed by atoms with Crippen LogP contribution in [0.15, 0.2) is 60.9 Å². The Morgan fingerprint density at radius 1 is 0.960 bits per heavy atom. The fourth-order valence-electron chi connectivity index (χ4n) is 2.62. The van der Waals surface area contributed by atoms with Crippen LogP contribution < -0.4 is 10.6 Å². The molecule has 0 saturated carbocycles. The van der Waals surface area contributed by atoms with Gasteiger partial charge in [0.15, 0.2) is 0 Å². The molecule has 0 atom stereocenters. The Labute approximate surface area is 145 Å². The summed E-state index contributed by atoms with van der Waals surface area (Å²) in [6, 6.07) is 14.3. The maximum absolute atomic E-state index is 12.8. The third kappa shape index (κ3) is 3.28. The molecule has 0 bridgehead atoms. The van der Waals surface area contributed by atoms with E-state index in [2.05, 4.69) is 15.7 Å². The smallest absolute Gasteiger partial charge is 0.257 e. The molecule has 6 nitrogen and oxygen atoms in total. The number of aromatic nitrogens is 2. The van der Waals surface area contributed by atoms with Crippen LogP contribution in [-0.4, -0.2) is 28.6 Å². The van der Waals surface area contributed by atoms with Crippen molar-refractivity contribution < 1.29 is 9.59 Å². The number of hydrogen-bond acceptors (Lipinski definition) is 3. The number of nitrogens with zero attached hydrogens (tertiary/aromatic N) is 2. The minimum absolute atomic E-state index is 0.189. The van der Waals surface area contributed by atoms with Gasteiger partial charge in [-0.15, -0.1) is 0 Å². The number of para-hydroxylation sites is 1. The summed E-state index contributed by atoms with van der Waals surface area (Å²) >= 11 is 0. The molecule has 1 aromatic heterocycles. The molecule has 1 heterocycles. The predicted molar refractivity (Wildman–Crippen MR) is 96.1 cm³/mol. The first kappa shape index (κ1) is 16.4. The lowest BCUT2D eigenvalue weighted by Gasteiger charge is -2.13. The molecule has 0 aliphatic rings. The molecule has 0 radical (unpaired) electrons. The number of rotatable bonds is 4. The van der Waals surface area contributed by atoms with Gasteiger partial charge in [-0.25, -0.2) is 4.68 Å². The number of amides is 2. The van der Waals surface area contributed by atoms with Gasteiger partial charge in [0.1, 0.15) is 0 Å². The van der Waals surface area contributed by atoms with Crippen molar-refractivity contribution in [2.24, 2.45) is 0 Å². The Bertz CT molecular complexity index is 917. The van der Waals surface area contributed by atoms with Gasteiger partial charge in [0, 0.05) is 30.7 Å². The van der Waals surface area contributed by atoms with E-state index in [0.717, 1.165) is 0 Å². The van der Waals surface area contributed by atoms with Gasteiger partial charge in [-0.2, -0.15) is 5.10 Å². The van der Waals surface area contributed by atoms with E-state index in [1.807, 2.05) is 12.1 Å². The summed E-state index contributed by atoms with van der Waals surface area (Å²) in [5, 5.41) is 9.67. The zero-order valence-corrected chi connectivity index (χ0v) is 14.0. The van der Waals surface area contributed by atoms with Crippen LogP contribution in [0.3, 0.4) is 0 Å². The molecule has 25 heavy (non-hydrogen) atoms. The molecule has 0 saturated heterocycles. The monoisotopic (exact) mass is 334 g/mol. The molecule has 0 fully saturated rings. The second-order valence-corrected chi connectivity index (χ2v) is 5.48. The van der Waals surface area contributed by atoms with Gasteiger partial charge < -0.3 is 10.6 Å². The highest BCUT2D eigenvalue weighted by Crippen LogP contribution is 2.21. The lowest BCUT2D eigenvalue weighted by Crippen LogP contribution is -2.20. The molecule has 2 amide bonds. The van der Waals surface area contributed by atoms with E-state index in [4.69, 9.17) is 0 Å². The first-order valence-corrected chi connectivity index (χ1v) is 7.84. The highest BCUT2D eigenvalue weighted by Gasteiger charge is 2.16. The summed E-state index contributed by atoms with van der Waals surface area (Å²) < 4.78 is 1.64. The van der Waals surface area contributed by atoms with E-state index in [1.165, 1.54) is 0 Å². The fraction of sp³-hybridized carbons (Fsp3) is 0.105. The summed E-state index contributed by atoms with van der Waals surface area (Å²) in [5.74, 6) is -0.450. The van der Waals surface area contributed by atoms with Crippen LogP contribution in [0, 0.1) is 6.92 Å². The lowest BCUT2D eigenvalue weighted by atomic mass is 10.1. The number of carbonyl (C=O) groups is 2. The Morgan fingerprint density at radius 2 is 1.72 bits per heavy atom. The van der Waals surface area contributed by atoms with Crippen molar-refractivity contribution in [3.63, 3.8) is 0 Å². The Balaban J connectivity index is 1.93. The van der Waals surface area contributed by atoms with Crippen molar-refractivity contribution in [1.82, 2.24) is 15.1 Å². The highest BCUT2D eigenvalue weighted by atomic mass is 16.2.